The van der Waals surface area contributed by atoms with E-state index in [4.69, 9.17) is 4.74 Å². The Balaban J connectivity index is 1.69. The van der Waals surface area contributed by atoms with Crippen LogP contribution in [-0.2, 0) is 4.79 Å². The molecular formula is C24H33N3O3S. The zero-order chi connectivity index (χ0) is 22.2. The highest BCUT2D eigenvalue weighted by Crippen LogP contribution is 2.26. The van der Waals surface area contributed by atoms with E-state index in [1.54, 1.807) is 13.2 Å². The third-order valence-electron chi connectivity index (χ3n) is 5.78. The summed E-state index contributed by atoms with van der Waals surface area (Å²) in [6.45, 7) is 6.45. The van der Waals surface area contributed by atoms with E-state index >= 15 is 0 Å². The highest BCUT2D eigenvalue weighted by molar-refractivity contribution is 7.12. The summed E-state index contributed by atoms with van der Waals surface area (Å²) < 4.78 is 5.30. The number of hydrogen-bond acceptors (Lipinski definition) is 5. The summed E-state index contributed by atoms with van der Waals surface area (Å²) in [4.78, 5) is 28.6. The molecule has 6 nitrogen and oxygen atoms in total. The Labute approximate surface area is 189 Å². The second kappa shape index (κ2) is 11.3. The van der Waals surface area contributed by atoms with Gasteiger partial charge >= 0.3 is 0 Å². The summed E-state index contributed by atoms with van der Waals surface area (Å²) in [5.74, 6) is 0.460. The molecule has 2 N–H and O–H groups in total. The van der Waals surface area contributed by atoms with Crippen LogP contribution in [0.25, 0.3) is 0 Å². The molecule has 2 amide bonds. The van der Waals surface area contributed by atoms with E-state index in [0.29, 0.717) is 11.4 Å². The molecule has 0 bridgehead atoms. The molecule has 1 aromatic heterocycles. The number of hydrogen-bond donors (Lipinski definition) is 2. The molecule has 1 aromatic carbocycles. The van der Waals surface area contributed by atoms with Crippen LogP contribution in [0.2, 0.25) is 0 Å². The number of ether oxygens (including phenoxy) is 1. The molecule has 0 spiro atoms. The molecule has 2 heterocycles. The van der Waals surface area contributed by atoms with Crippen molar-refractivity contribution in [2.24, 2.45) is 5.92 Å². The van der Waals surface area contributed by atoms with Gasteiger partial charge in [0.15, 0.2) is 0 Å². The normalized spacial score (nSPS) is 16.5. The Morgan fingerprint density at radius 1 is 1.10 bits per heavy atom. The standard InChI is InChI=1S/C24H33N3O3S/c1-17(2)22(26-23(28)21-8-7-15-31-21)24(29)25-16-20(27-13-5-4-6-14-27)18-9-11-19(30-3)12-10-18/h7-12,15,17,20,22H,4-6,13-14,16H2,1-3H3,(H,25,29)(H,26,28). The number of carbonyl (C=O) groups excluding carboxylic acids is 2. The first-order valence-corrected chi connectivity index (χ1v) is 11.9. The first-order valence-electron chi connectivity index (χ1n) is 11.0. The average Bonchev–Trinajstić information content (AvgIpc) is 3.33. The minimum absolute atomic E-state index is 0.0154. The first-order chi connectivity index (χ1) is 15.0. The van der Waals surface area contributed by atoms with Crippen molar-refractivity contribution in [1.82, 2.24) is 15.5 Å². The quantitative estimate of drug-likeness (QED) is 0.618. The van der Waals surface area contributed by atoms with E-state index in [2.05, 4.69) is 27.7 Å². The van der Waals surface area contributed by atoms with E-state index in [1.807, 2.05) is 37.4 Å². The van der Waals surface area contributed by atoms with E-state index < -0.39 is 6.04 Å². The lowest BCUT2D eigenvalue weighted by Crippen LogP contribution is -2.51. The van der Waals surface area contributed by atoms with Crippen molar-refractivity contribution in [2.45, 2.75) is 45.2 Å². The minimum Gasteiger partial charge on any atom is -0.497 e. The molecule has 0 saturated carbocycles. The Kier molecular flexibility index (Phi) is 8.49. The van der Waals surface area contributed by atoms with Crippen molar-refractivity contribution in [3.05, 3.63) is 52.2 Å². The molecule has 3 rings (SSSR count). The number of methoxy groups -OCH3 is 1. The molecule has 0 radical (unpaired) electrons. The number of rotatable bonds is 9. The monoisotopic (exact) mass is 443 g/mol. The Bertz CT molecular complexity index is 830. The van der Waals surface area contributed by atoms with Crippen LogP contribution in [0.15, 0.2) is 41.8 Å². The summed E-state index contributed by atoms with van der Waals surface area (Å²) in [6, 6.07) is 11.2. The highest BCUT2D eigenvalue weighted by atomic mass is 32.1. The molecule has 168 valence electrons. The number of piperidine rings is 1. The fourth-order valence-electron chi connectivity index (χ4n) is 3.98. The smallest absolute Gasteiger partial charge is 0.262 e. The zero-order valence-corrected chi connectivity index (χ0v) is 19.4. The maximum Gasteiger partial charge on any atom is 0.262 e. The number of nitrogens with one attached hydrogen (secondary N) is 2. The molecular weight excluding hydrogens is 410 g/mol. The van der Waals surface area contributed by atoms with Gasteiger partial charge in [0.05, 0.1) is 18.0 Å². The molecule has 1 aliphatic rings. The van der Waals surface area contributed by atoms with Crippen molar-refractivity contribution >= 4 is 23.2 Å². The minimum atomic E-state index is -0.576. The first kappa shape index (κ1) is 23.3. The lowest BCUT2D eigenvalue weighted by atomic mass is 10.00. The van der Waals surface area contributed by atoms with Crippen LogP contribution in [0.1, 0.15) is 54.4 Å². The van der Waals surface area contributed by atoms with Gasteiger partial charge in [-0.25, -0.2) is 0 Å². The number of nitrogens with zero attached hydrogens (tertiary/aromatic N) is 1. The second-order valence-corrected chi connectivity index (χ2v) is 9.25. The predicted molar refractivity (Wildman–Crippen MR) is 125 cm³/mol. The van der Waals surface area contributed by atoms with Gasteiger partial charge in [0.2, 0.25) is 5.91 Å². The van der Waals surface area contributed by atoms with Crippen LogP contribution < -0.4 is 15.4 Å². The molecule has 31 heavy (non-hydrogen) atoms. The van der Waals surface area contributed by atoms with Crippen molar-refractivity contribution in [3.8, 4) is 5.75 Å². The van der Waals surface area contributed by atoms with Gasteiger partial charge in [0.25, 0.3) is 5.91 Å². The molecule has 7 heteroatoms. The summed E-state index contributed by atoms with van der Waals surface area (Å²) in [5, 5.41) is 7.88. The molecule has 1 fully saturated rings. The fraction of sp³-hybridized carbons (Fsp3) is 0.500. The Hall–Kier alpha value is -2.38. The summed E-state index contributed by atoms with van der Waals surface area (Å²) >= 11 is 1.37. The van der Waals surface area contributed by atoms with Crippen LogP contribution in [0.5, 0.6) is 5.75 Å². The second-order valence-electron chi connectivity index (χ2n) is 8.30. The highest BCUT2D eigenvalue weighted by Gasteiger charge is 2.28. The number of thiophene rings is 1. The van der Waals surface area contributed by atoms with Gasteiger partial charge in [0.1, 0.15) is 11.8 Å². The topological polar surface area (TPSA) is 70.7 Å². The van der Waals surface area contributed by atoms with Crippen molar-refractivity contribution in [2.75, 3.05) is 26.7 Å². The van der Waals surface area contributed by atoms with Crippen LogP contribution in [0.3, 0.4) is 0 Å². The van der Waals surface area contributed by atoms with Gasteiger partial charge in [-0.2, -0.15) is 0 Å². The molecule has 1 saturated heterocycles. The zero-order valence-electron chi connectivity index (χ0n) is 18.6. The molecule has 2 atom stereocenters. The predicted octanol–water partition coefficient (Wildman–Crippen LogP) is 3.85. The van der Waals surface area contributed by atoms with Crippen LogP contribution >= 0.6 is 11.3 Å². The number of benzene rings is 1. The SMILES string of the molecule is COc1ccc(C(CNC(=O)C(NC(=O)c2cccs2)C(C)C)N2CCCCC2)cc1. The number of likely N-dealkylation sites (tertiary alicyclic amines) is 1. The van der Waals surface area contributed by atoms with Crippen molar-refractivity contribution < 1.29 is 14.3 Å². The fourth-order valence-corrected chi connectivity index (χ4v) is 4.60. The lowest BCUT2D eigenvalue weighted by molar-refractivity contribution is -0.124. The van der Waals surface area contributed by atoms with E-state index in [9.17, 15) is 9.59 Å². The number of carbonyl (C=O) groups is 2. The third kappa shape index (κ3) is 6.31. The largest absolute Gasteiger partial charge is 0.497 e. The van der Waals surface area contributed by atoms with Gasteiger partial charge in [0, 0.05) is 6.54 Å². The van der Waals surface area contributed by atoms with Gasteiger partial charge < -0.3 is 15.4 Å². The Morgan fingerprint density at radius 3 is 2.39 bits per heavy atom. The average molecular weight is 444 g/mol. The molecule has 1 aliphatic heterocycles. The Morgan fingerprint density at radius 2 is 1.81 bits per heavy atom. The van der Waals surface area contributed by atoms with Gasteiger partial charge in [-0.3, -0.25) is 14.5 Å². The van der Waals surface area contributed by atoms with Crippen molar-refractivity contribution in [3.63, 3.8) is 0 Å². The van der Waals surface area contributed by atoms with Crippen LogP contribution in [0.4, 0.5) is 0 Å². The third-order valence-corrected chi connectivity index (χ3v) is 6.65. The maximum absolute atomic E-state index is 13.0. The van der Waals surface area contributed by atoms with Gasteiger partial charge in [-0.1, -0.05) is 38.5 Å². The van der Waals surface area contributed by atoms with E-state index in [1.165, 1.54) is 30.6 Å². The summed E-state index contributed by atoms with van der Waals surface area (Å²) in [5.41, 5.74) is 1.16. The van der Waals surface area contributed by atoms with Crippen LogP contribution in [-0.4, -0.2) is 49.5 Å². The lowest BCUT2D eigenvalue weighted by Gasteiger charge is -2.35. The molecule has 0 aliphatic carbocycles. The summed E-state index contributed by atoms with van der Waals surface area (Å²) in [6.07, 6.45) is 3.60. The number of amides is 2. The molecule has 2 unspecified atom stereocenters. The van der Waals surface area contributed by atoms with Crippen LogP contribution in [0, 0.1) is 5.92 Å². The van der Waals surface area contributed by atoms with E-state index in [-0.39, 0.29) is 23.8 Å². The summed E-state index contributed by atoms with van der Waals surface area (Å²) in [7, 11) is 1.66. The van der Waals surface area contributed by atoms with E-state index in [0.717, 1.165) is 24.4 Å². The van der Waals surface area contributed by atoms with Crippen molar-refractivity contribution in [1.29, 1.82) is 0 Å². The van der Waals surface area contributed by atoms with Gasteiger partial charge in [-0.05, 0) is 61.0 Å². The maximum atomic E-state index is 13.0. The molecule has 2 aromatic rings. The van der Waals surface area contributed by atoms with Gasteiger partial charge in [-0.15, -0.1) is 11.3 Å².